The van der Waals surface area contributed by atoms with Crippen LogP contribution in [0.25, 0.3) is 0 Å². The molecular weight excluding hydrogens is 380 g/mol. The maximum atomic E-state index is 12.6. The van der Waals surface area contributed by atoms with Gasteiger partial charge in [0.2, 0.25) is 0 Å². The molecule has 0 aliphatic rings. The highest BCUT2D eigenvalue weighted by molar-refractivity contribution is 5.78. The third kappa shape index (κ3) is 24.1. The van der Waals surface area contributed by atoms with Crippen LogP contribution >= 0.6 is 0 Å². The zero-order valence-corrected chi connectivity index (χ0v) is 21.5. The maximum Gasteiger partial charge on any atom is 0.133 e. The Morgan fingerprint density at radius 3 is 1.68 bits per heavy atom. The molecule has 0 aliphatic heterocycles. The molecule has 0 spiro atoms. The average molecular weight is 439 g/mol. The number of unbranched alkanes of at least 4 members (excludes halogenated alkanes) is 14. The molecule has 0 amide bonds. The van der Waals surface area contributed by atoms with Crippen molar-refractivity contribution in [3.8, 4) is 0 Å². The number of hydrogen-bond donors (Lipinski definition) is 2. The first-order valence-electron chi connectivity index (χ1n) is 14.2. The van der Waals surface area contributed by atoms with Crippen LogP contribution in [0.3, 0.4) is 0 Å². The Bertz CT molecular complexity index is 343. The second-order valence-electron chi connectivity index (χ2n) is 9.78. The van der Waals surface area contributed by atoms with Crippen molar-refractivity contribution in [2.45, 2.75) is 149 Å². The summed E-state index contributed by atoms with van der Waals surface area (Å²) in [6.07, 6.45) is 26.6. The van der Waals surface area contributed by atoms with Crippen molar-refractivity contribution < 1.29 is 4.79 Å². The van der Waals surface area contributed by atoms with Gasteiger partial charge in [-0.2, -0.15) is 0 Å². The first-order chi connectivity index (χ1) is 15.2. The van der Waals surface area contributed by atoms with E-state index in [0.29, 0.717) is 11.7 Å². The van der Waals surface area contributed by atoms with Gasteiger partial charge < -0.3 is 11.1 Å². The fourth-order valence-electron chi connectivity index (χ4n) is 4.53. The van der Waals surface area contributed by atoms with Gasteiger partial charge in [0.25, 0.3) is 0 Å². The molecule has 3 N–H and O–H groups in total. The molecule has 3 heteroatoms. The van der Waals surface area contributed by atoms with Gasteiger partial charge in [-0.15, -0.1) is 0 Å². The summed E-state index contributed by atoms with van der Waals surface area (Å²) in [6.45, 7) is 7.29. The number of Topliss-reactive ketones (excluding diaryl/α,β-unsaturated/α-hetero) is 1. The van der Waals surface area contributed by atoms with Gasteiger partial charge in [0.1, 0.15) is 5.78 Å². The molecule has 0 fully saturated rings. The molecule has 0 aromatic carbocycles. The molecule has 0 rings (SSSR count). The van der Waals surface area contributed by atoms with Crippen LogP contribution in [0.1, 0.15) is 149 Å². The van der Waals surface area contributed by atoms with E-state index in [9.17, 15) is 4.79 Å². The van der Waals surface area contributed by atoms with Crippen molar-refractivity contribution >= 4 is 5.78 Å². The Labute approximate surface area is 196 Å². The van der Waals surface area contributed by atoms with Crippen LogP contribution in [0.4, 0.5) is 0 Å². The molecule has 0 saturated heterocycles. The quantitative estimate of drug-likeness (QED) is 0.135. The van der Waals surface area contributed by atoms with Gasteiger partial charge in [0.15, 0.2) is 0 Å². The number of nitrogens with two attached hydrogens (primary N) is 1. The number of hydrogen-bond acceptors (Lipinski definition) is 3. The predicted octanol–water partition coefficient (Wildman–Crippen LogP) is 7.95. The van der Waals surface area contributed by atoms with Gasteiger partial charge in [0.05, 0.1) is 0 Å². The van der Waals surface area contributed by atoms with E-state index in [4.69, 9.17) is 5.73 Å². The molecule has 0 bridgehead atoms. The smallest absolute Gasteiger partial charge is 0.133 e. The molecule has 0 unspecified atom stereocenters. The van der Waals surface area contributed by atoms with Crippen LogP contribution in [0.5, 0.6) is 0 Å². The van der Waals surface area contributed by atoms with Gasteiger partial charge >= 0.3 is 0 Å². The lowest BCUT2D eigenvalue weighted by molar-refractivity contribution is -0.120. The van der Waals surface area contributed by atoms with Crippen LogP contribution < -0.4 is 11.1 Å². The van der Waals surface area contributed by atoms with Crippen molar-refractivity contribution in [1.82, 2.24) is 5.32 Å². The van der Waals surface area contributed by atoms with Gasteiger partial charge in [-0.1, -0.05) is 123 Å². The molecule has 0 aromatic heterocycles. The normalized spacial score (nSPS) is 11.5. The molecule has 0 saturated carbocycles. The standard InChI is InChI=1S/C28H58N2O/c1-3-5-7-9-12-16-20-27(21-17-13-10-8-6-4-2)26-28(31)22-18-14-11-15-19-24-30-25-23-29/h27,30H,3-26,29H2,1-2H3. The minimum Gasteiger partial charge on any atom is -0.329 e. The van der Waals surface area contributed by atoms with E-state index in [1.165, 1.54) is 116 Å². The minimum absolute atomic E-state index is 0.534. The third-order valence-corrected chi connectivity index (χ3v) is 6.58. The van der Waals surface area contributed by atoms with E-state index in [1.54, 1.807) is 0 Å². The van der Waals surface area contributed by atoms with E-state index < -0.39 is 0 Å². The summed E-state index contributed by atoms with van der Waals surface area (Å²) in [7, 11) is 0. The second kappa shape index (κ2) is 25.8. The van der Waals surface area contributed by atoms with Crippen molar-refractivity contribution in [2.24, 2.45) is 11.7 Å². The highest BCUT2D eigenvalue weighted by atomic mass is 16.1. The zero-order chi connectivity index (χ0) is 22.8. The topological polar surface area (TPSA) is 55.1 Å². The SMILES string of the molecule is CCCCCCCCC(CCCCCCCC)CC(=O)CCCCCCCNCCN. The lowest BCUT2D eigenvalue weighted by Crippen LogP contribution is -2.23. The van der Waals surface area contributed by atoms with E-state index >= 15 is 0 Å². The van der Waals surface area contributed by atoms with Gasteiger partial charge in [-0.25, -0.2) is 0 Å². The summed E-state index contributed by atoms with van der Waals surface area (Å²) >= 11 is 0. The Balaban J connectivity index is 3.94. The average Bonchev–Trinajstić information content (AvgIpc) is 2.77. The largest absolute Gasteiger partial charge is 0.329 e. The summed E-state index contributed by atoms with van der Waals surface area (Å²) in [5, 5.41) is 3.35. The van der Waals surface area contributed by atoms with Crippen LogP contribution in [-0.4, -0.2) is 25.4 Å². The molecule has 186 valence electrons. The fraction of sp³-hybridized carbons (Fsp3) is 0.964. The molecular formula is C28H58N2O. The molecule has 0 aromatic rings. The fourth-order valence-corrected chi connectivity index (χ4v) is 4.53. The van der Waals surface area contributed by atoms with E-state index in [2.05, 4.69) is 19.2 Å². The molecule has 3 nitrogen and oxygen atoms in total. The second-order valence-corrected chi connectivity index (χ2v) is 9.78. The lowest BCUT2D eigenvalue weighted by atomic mass is 9.89. The number of carbonyl (C=O) groups excluding carboxylic acids is 1. The maximum absolute atomic E-state index is 12.6. The number of nitrogens with one attached hydrogen (secondary N) is 1. The summed E-state index contributed by atoms with van der Waals surface area (Å²) in [5.41, 5.74) is 5.48. The first-order valence-corrected chi connectivity index (χ1v) is 14.2. The highest BCUT2D eigenvalue weighted by Gasteiger charge is 2.13. The molecule has 0 heterocycles. The van der Waals surface area contributed by atoms with Crippen molar-refractivity contribution in [3.63, 3.8) is 0 Å². The summed E-state index contributed by atoms with van der Waals surface area (Å²) in [6, 6.07) is 0. The highest BCUT2D eigenvalue weighted by Crippen LogP contribution is 2.23. The molecule has 31 heavy (non-hydrogen) atoms. The zero-order valence-electron chi connectivity index (χ0n) is 21.5. The molecule has 0 atom stereocenters. The Kier molecular flexibility index (Phi) is 25.5. The van der Waals surface area contributed by atoms with Gasteiger partial charge in [-0.05, 0) is 25.3 Å². The number of ketones is 1. The number of rotatable bonds is 26. The summed E-state index contributed by atoms with van der Waals surface area (Å²) in [4.78, 5) is 12.6. The van der Waals surface area contributed by atoms with Gasteiger partial charge in [-0.3, -0.25) is 4.79 Å². The Hall–Kier alpha value is -0.410. The molecule has 0 radical (unpaired) electrons. The first kappa shape index (κ1) is 30.6. The summed E-state index contributed by atoms with van der Waals surface area (Å²) < 4.78 is 0. The Morgan fingerprint density at radius 2 is 1.13 bits per heavy atom. The van der Waals surface area contributed by atoms with E-state index in [0.717, 1.165) is 38.9 Å². The Morgan fingerprint density at radius 1 is 0.645 bits per heavy atom. The predicted molar refractivity (Wildman–Crippen MR) is 139 cm³/mol. The van der Waals surface area contributed by atoms with Gasteiger partial charge in [0, 0.05) is 25.9 Å². The number of carbonyl (C=O) groups is 1. The van der Waals surface area contributed by atoms with Crippen molar-refractivity contribution in [3.05, 3.63) is 0 Å². The summed E-state index contributed by atoms with van der Waals surface area (Å²) in [5.74, 6) is 1.19. The van der Waals surface area contributed by atoms with Crippen LogP contribution in [0.2, 0.25) is 0 Å². The third-order valence-electron chi connectivity index (χ3n) is 6.58. The van der Waals surface area contributed by atoms with Crippen molar-refractivity contribution in [2.75, 3.05) is 19.6 Å². The molecule has 0 aliphatic carbocycles. The van der Waals surface area contributed by atoms with E-state index in [1.807, 2.05) is 0 Å². The monoisotopic (exact) mass is 438 g/mol. The van der Waals surface area contributed by atoms with Crippen LogP contribution in [0.15, 0.2) is 0 Å². The lowest BCUT2D eigenvalue weighted by Gasteiger charge is -2.16. The van der Waals surface area contributed by atoms with Crippen LogP contribution in [-0.2, 0) is 4.79 Å². The van der Waals surface area contributed by atoms with Crippen LogP contribution in [0, 0.1) is 5.92 Å². The minimum atomic E-state index is 0.534. The van der Waals surface area contributed by atoms with E-state index in [-0.39, 0.29) is 0 Å². The van der Waals surface area contributed by atoms with Crippen molar-refractivity contribution in [1.29, 1.82) is 0 Å².